The quantitative estimate of drug-likeness (QED) is 0.719. The van der Waals surface area contributed by atoms with Gasteiger partial charge in [0.1, 0.15) is 5.82 Å². The van der Waals surface area contributed by atoms with E-state index in [1.807, 2.05) is 43.5 Å². The summed E-state index contributed by atoms with van der Waals surface area (Å²) < 4.78 is 2.22. The Morgan fingerprint density at radius 1 is 1.21 bits per heavy atom. The number of carbonyl (C=O) groups is 1. The van der Waals surface area contributed by atoms with Gasteiger partial charge in [0.25, 0.3) is 0 Å². The van der Waals surface area contributed by atoms with Crippen LogP contribution in [0.3, 0.4) is 0 Å². The second-order valence-corrected chi connectivity index (χ2v) is 7.55. The van der Waals surface area contributed by atoms with E-state index < -0.39 is 0 Å². The molecule has 1 saturated heterocycles. The van der Waals surface area contributed by atoms with E-state index in [0.29, 0.717) is 18.1 Å². The summed E-state index contributed by atoms with van der Waals surface area (Å²) in [6.45, 7) is 6.02. The number of benzene rings is 1. The first-order valence-corrected chi connectivity index (χ1v) is 9.62. The summed E-state index contributed by atoms with van der Waals surface area (Å²) in [6.07, 6.45) is 5.50. The van der Waals surface area contributed by atoms with Crippen molar-refractivity contribution < 1.29 is 4.79 Å². The van der Waals surface area contributed by atoms with Crippen molar-refractivity contribution in [1.29, 1.82) is 0 Å². The predicted octanol–water partition coefficient (Wildman–Crippen LogP) is 4.23. The fourth-order valence-corrected chi connectivity index (χ4v) is 3.60. The van der Waals surface area contributed by atoms with Crippen molar-refractivity contribution in [3.05, 3.63) is 76.6 Å². The summed E-state index contributed by atoms with van der Waals surface area (Å²) in [4.78, 5) is 23.0. The van der Waals surface area contributed by atoms with E-state index in [2.05, 4.69) is 26.8 Å². The van der Waals surface area contributed by atoms with Crippen LogP contribution in [0.5, 0.6) is 0 Å². The van der Waals surface area contributed by atoms with Crippen LogP contribution in [0.15, 0.2) is 48.9 Å². The number of carbonyl (C=O) groups excluding carboxylic acids is 1. The normalized spacial score (nSPS) is 14.0. The molecule has 0 radical (unpaired) electrons. The molecule has 0 aliphatic carbocycles. The summed E-state index contributed by atoms with van der Waals surface area (Å²) in [5, 5.41) is 3.60. The SMILES string of the molecule is Cc1c(Cl)cccc1NC(=O)N1CC(c2ncc(C)n2Cc2ccncc2)C1. The molecule has 0 saturated carbocycles. The molecule has 144 valence electrons. The van der Waals surface area contributed by atoms with Crippen molar-refractivity contribution in [3.8, 4) is 0 Å². The molecule has 4 rings (SSSR count). The van der Waals surface area contributed by atoms with Crippen molar-refractivity contribution >= 4 is 23.3 Å². The minimum atomic E-state index is -0.106. The fraction of sp³-hybridized carbons (Fsp3) is 0.286. The van der Waals surface area contributed by atoms with E-state index in [1.165, 1.54) is 5.56 Å². The highest BCUT2D eigenvalue weighted by Crippen LogP contribution is 2.29. The molecule has 28 heavy (non-hydrogen) atoms. The highest BCUT2D eigenvalue weighted by Gasteiger charge is 2.35. The molecule has 7 heteroatoms. The van der Waals surface area contributed by atoms with Crippen molar-refractivity contribution in [3.63, 3.8) is 0 Å². The Morgan fingerprint density at radius 2 is 1.96 bits per heavy atom. The van der Waals surface area contributed by atoms with Gasteiger partial charge in [0.05, 0.1) is 5.92 Å². The molecular formula is C21H22ClN5O. The first kappa shape index (κ1) is 18.5. The standard InChI is InChI=1S/C21H22ClN5O/c1-14-10-24-20(27(14)11-16-6-8-23-9-7-16)17-12-26(13-17)21(28)25-19-5-3-4-18(22)15(19)2/h3-10,17H,11-13H2,1-2H3,(H,25,28). The maximum Gasteiger partial charge on any atom is 0.321 e. The average Bonchev–Trinajstić information content (AvgIpc) is 2.99. The second kappa shape index (κ2) is 7.64. The van der Waals surface area contributed by atoms with Gasteiger partial charge in [0.2, 0.25) is 0 Å². The topological polar surface area (TPSA) is 63.1 Å². The molecule has 0 unspecified atom stereocenters. The maximum absolute atomic E-state index is 12.6. The Kier molecular flexibility index (Phi) is 5.05. The van der Waals surface area contributed by atoms with Crippen LogP contribution < -0.4 is 5.32 Å². The summed E-state index contributed by atoms with van der Waals surface area (Å²) in [5.41, 5.74) is 3.92. The van der Waals surface area contributed by atoms with E-state index in [-0.39, 0.29) is 11.9 Å². The number of nitrogens with zero attached hydrogens (tertiary/aromatic N) is 4. The van der Waals surface area contributed by atoms with E-state index in [9.17, 15) is 4.79 Å². The molecule has 3 aromatic rings. The molecule has 0 bridgehead atoms. The molecule has 6 nitrogen and oxygen atoms in total. The number of pyridine rings is 1. The molecule has 1 aromatic carbocycles. The van der Waals surface area contributed by atoms with Crippen molar-refractivity contribution in [2.75, 3.05) is 18.4 Å². The Balaban J connectivity index is 1.41. The smallest absolute Gasteiger partial charge is 0.321 e. The largest absolute Gasteiger partial charge is 0.328 e. The first-order valence-electron chi connectivity index (χ1n) is 9.25. The van der Waals surface area contributed by atoms with E-state index in [0.717, 1.165) is 29.3 Å². The number of hydrogen-bond donors (Lipinski definition) is 1. The van der Waals surface area contributed by atoms with Gasteiger partial charge in [-0.15, -0.1) is 0 Å². The summed E-state index contributed by atoms with van der Waals surface area (Å²) >= 11 is 6.13. The van der Waals surface area contributed by atoms with Crippen molar-refractivity contribution in [2.24, 2.45) is 0 Å². The van der Waals surface area contributed by atoms with Crippen LogP contribution in [0.1, 0.15) is 28.6 Å². The monoisotopic (exact) mass is 395 g/mol. The van der Waals surface area contributed by atoms with Gasteiger partial charge in [-0.3, -0.25) is 4.98 Å². The molecule has 1 fully saturated rings. The van der Waals surface area contributed by atoms with Crippen LogP contribution in [0.25, 0.3) is 0 Å². The Labute approximate surface area is 169 Å². The molecule has 0 spiro atoms. The van der Waals surface area contributed by atoms with Gasteiger partial charge in [-0.1, -0.05) is 17.7 Å². The van der Waals surface area contributed by atoms with Crippen molar-refractivity contribution in [2.45, 2.75) is 26.3 Å². The number of aromatic nitrogens is 3. The summed E-state index contributed by atoms with van der Waals surface area (Å²) in [7, 11) is 0. The van der Waals surface area contributed by atoms with Gasteiger partial charge in [-0.25, -0.2) is 9.78 Å². The third-order valence-electron chi connectivity index (χ3n) is 5.22. The Hall–Kier alpha value is -2.86. The summed E-state index contributed by atoms with van der Waals surface area (Å²) in [5.74, 6) is 1.26. The lowest BCUT2D eigenvalue weighted by atomic mass is 9.99. The third-order valence-corrected chi connectivity index (χ3v) is 5.63. The lowest BCUT2D eigenvalue weighted by molar-refractivity contribution is 0.159. The van der Waals surface area contributed by atoms with Crippen LogP contribution in [0.2, 0.25) is 5.02 Å². The number of urea groups is 1. The van der Waals surface area contributed by atoms with Crippen LogP contribution in [0.4, 0.5) is 10.5 Å². The number of aryl methyl sites for hydroxylation is 1. The number of likely N-dealkylation sites (tertiary alicyclic amines) is 1. The molecule has 2 amide bonds. The van der Waals surface area contributed by atoms with E-state index in [1.54, 1.807) is 17.3 Å². The predicted molar refractivity (Wildman–Crippen MR) is 110 cm³/mol. The summed E-state index contributed by atoms with van der Waals surface area (Å²) in [6, 6.07) is 9.43. The van der Waals surface area contributed by atoms with Gasteiger partial charge in [0, 0.05) is 54.6 Å². The minimum absolute atomic E-state index is 0.106. The van der Waals surface area contributed by atoms with Gasteiger partial charge in [-0.05, 0) is 49.2 Å². The lowest BCUT2D eigenvalue weighted by Gasteiger charge is -2.39. The zero-order chi connectivity index (χ0) is 19.7. The van der Waals surface area contributed by atoms with E-state index in [4.69, 9.17) is 11.6 Å². The molecule has 2 aromatic heterocycles. The number of halogens is 1. The third kappa shape index (κ3) is 3.60. The number of amides is 2. The van der Waals surface area contributed by atoms with E-state index >= 15 is 0 Å². The van der Waals surface area contributed by atoms with Gasteiger partial charge >= 0.3 is 6.03 Å². The van der Waals surface area contributed by atoms with Crippen LogP contribution in [0, 0.1) is 13.8 Å². The van der Waals surface area contributed by atoms with Crippen LogP contribution in [-0.2, 0) is 6.54 Å². The number of hydrogen-bond acceptors (Lipinski definition) is 3. The lowest BCUT2D eigenvalue weighted by Crippen LogP contribution is -2.51. The Bertz CT molecular complexity index is 995. The molecule has 1 aliphatic heterocycles. The minimum Gasteiger partial charge on any atom is -0.328 e. The number of rotatable bonds is 4. The second-order valence-electron chi connectivity index (χ2n) is 7.14. The van der Waals surface area contributed by atoms with Gasteiger partial charge in [-0.2, -0.15) is 0 Å². The maximum atomic E-state index is 12.6. The van der Waals surface area contributed by atoms with Crippen LogP contribution in [-0.4, -0.2) is 38.6 Å². The number of anilines is 1. The number of nitrogens with one attached hydrogen (secondary N) is 1. The van der Waals surface area contributed by atoms with Gasteiger partial charge in [0.15, 0.2) is 0 Å². The average molecular weight is 396 g/mol. The molecule has 3 heterocycles. The van der Waals surface area contributed by atoms with Crippen LogP contribution >= 0.6 is 11.6 Å². The highest BCUT2D eigenvalue weighted by atomic mass is 35.5. The molecule has 1 aliphatic rings. The fourth-order valence-electron chi connectivity index (χ4n) is 3.43. The number of imidazole rings is 1. The molecule has 0 atom stereocenters. The zero-order valence-corrected chi connectivity index (χ0v) is 16.6. The van der Waals surface area contributed by atoms with Gasteiger partial charge < -0.3 is 14.8 Å². The molecular weight excluding hydrogens is 374 g/mol. The molecule has 1 N–H and O–H groups in total. The zero-order valence-electron chi connectivity index (χ0n) is 15.9. The van der Waals surface area contributed by atoms with Crippen molar-refractivity contribution in [1.82, 2.24) is 19.4 Å². The highest BCUT2D eigenvalue weighted by molar-refractivity contribution is 6.31. The Morgan fingerprint density at radius 3 is 2.71 bits per heavy atom. The first-order chi connectivity index (χ1) is 13.5.